The van der Waals surface area contributed by atoms with Crippen LogP contribution in [-0.2, 0) is 4.74 Å². The van der Waals surface area contributed by atoms with Gasteiger partial charge < -0.3 is 15.4 Å². The zero-order valence-electron chi connectivity index (χ0n) is 13.5. The van der Waals surface area contributed by atoms with Gasteiger partial charge in [0.15, 0.2) is 0 Å². The molecule has 1 rings (SSSR count). The molecular weight excluding hydrogens is 238 g/mol. The van der Waals surface area contributed by atoms with Crippen LogP contribution in [0.2, 0.25) is 0 Å². The quantitative estimate of drug-likeness (QED) is 0.763. The lowest BCUT2D eigenvalue weighted by Gasteiger charge is -2.50. The molecule has 0 aromatic heterocycles. The second kappa shape index (κ2) is 7.58. The maximum absolute atomic E-state index is 6.19. The molecule has 1 saturated carbocycles. The Morgan fingerprint density at radius 3 is 2.58 bits per heavy atom. The number of hydrogen-bond acceptors (Lipinski definition) is 4. The van der Waals surface area contributed by atoms with E-state index in [1.54, 1.807) is 0 Å². The van der Waals surface area contributed by atoms with Crippen LogP contribution in [0.5, 0.6) is 0 Å². The molecule has 114 valence electrons. The van der Waals surface area contributed by atoms with Crippen molar-refractivity contribution in [3.63, 3.8) is 0 Å². The number of hydrogen-bond donors (Lipinski definition) is 1. The number of nitrogens with two attached hydrogens (primary N) is 1. The summed E-state index contributed by atoms with van der Waals surface area (Å²) in [6.07, 6.45) is 5.05. The van der Waals surface area contributed by atoms with Crippen molar-refractivity contribution in [3.8, 4) is 0 Å². The smallest absolute Gasteiger partial charge is 0.0589 e. The molecule has 4 nitrogen and oxygen atoms in total. The highest BCUT2D eigenvalue weighted by Crippen LogP contribution is 2.35. The second-order valence-electron chi connectivity index (χ2n) is 6.28. The molecule has 19 heavy (non-hydrogen) atoms. The SMILES string of the molecule is CCN(C(C)CN(C)C)C1(CN)CCCC(OC)C1. The third-order valence-corrected chi connectivity index (χ3v) is 4.60. The van der Waals surface area contributed by atoms with Gasteiger partial charge in [0, 0.05) is 31.8 Å². The van der Waals surface area contributed by atoms with Crippen LogP contribution in [0.1, 0.15) is 39.5 Å². The Bertz CT molecular complexity index is 260. The molecule has 3 atom stereocenters. The van der Waals surface area contributed by atoms with Gasteiger partial charge in [0.05, 0.1) is 6.10 Å². The van der Waals surface area contributed by atoms with Gasteiger partial charge in [-0.3, -0.25) is 4.90 Å². The van der Waals surface area contributed by atoms with Crippen LogP contribution < -0.4 is 5.73 Å². The van der Waals surface area contributed by atoms with Gasteiger partial charge in [-0.05, 0) is 53.2 Å². The zero-order valence-corrected chi connectivity index (χ0v) is 13.5. The van der Waals surface area contributed by atoms with E-state index < -0.39 is 0 Å². The fourth-order valence-electron chi connectivity index (χ4n) is 3.79. The van der Waals surface area contributed by atoms with Gasteiger partial charge in [0.25, 0.3) is 0 Å². The van der Waals surface area contributed by atoms with E-state index in [1.807, 2.05) is 7.11 Å². The first-order valence-corrected chi connectivity index (χ1v) is 7.63. The molecular formula is C15H33N3O. The van der Waals surface area contributed by atoms with Crippen LogP contribution >= 0.6 is 0 Å². The Hall–Kier alpha value is -0.160. The highest BCUT2D eigenvalue weighted by molar-refractivity contribution is 4.98. The summed E-state index contributed by atoms with van der Waals surface area (Å²) in [4.78, 5) is 4.87. The average Bonchev–Trinajstić information content (AvgIpc) is 2.38. The van der Waals surface area contributed by atoms with Crippen molar-refractivity contribution in [2.45, 2.75) is 57.2 Å². The van der Waals surface area contributed by atoms with E-state index in [0.29, 0.717) is 12.1 Å². The zero-order chi connectivity index (χ0) is 14.5. The summed E-state index contributed by atoms with van der Waals surface area (Å²) < 4.78 is 5.61. The molecule has 0 aromatic rings. The van der Waals surface area contributed by atoms with Crippen molar-refractivity contribution in [2.24, 2.45) is 5.73 Å². The molecule has 2 N–H and O–H groups in total. The summed E-state index contributed by atoms with van der Waals surface area (Å²) in [6, 6.07) is 0.527. The lowest BCUT2D eigenvalue weighted by atomic mass is 9.78. The molecule has 4 heteroatoms. The van der Waals surface area contributed by atoms with Crippen LogP contribution in [0, 0.1) is 0 Å². The average molecular weight is 271 g/mol. The molecule has 0 heterocycles. The Balaban J connectivity index is 2.83. The van der Waals surface area contributed by atoms with E-state index in [9.17, 15) is 0 Å². The van der Waals surface area contributed by atoms with Crippen molar-refractivity contribution in [1.82, 2.24) is 9.80 Å². The Labute approximate surface area is 119 Å². The molecule has 0 amide bonds. The summed E-state index contributed by atoms with van der Waals surface area (Å²) in [5.41, 5.74) is 6.32. The standard InChI is InChI=1S/C15H33N3O/c1-6-18(13(2)11-17(3)4)15(12-16)9-7-8-14(10-15)19-5/h13-14H,6-12,16H2,1-5H3. The molecule has 0 aliphatic heterocycles. The monoisotopic (exact) mass is 271 g/mol. The third kappa shape index (κ3) is 4.15. The van der Waals surface area contributed by atoms with Crippen LogP contribution in [-0.4, -0.2) is 68.3 Å². The van der Waals surface area contributed by atoms with Crippen molar-refractivity contribution in [1.29, 1.82) is 0 Å². The van der Waals surface area contributed by atoms with E-state index in [1.165, 1.54) is 19.3 Å². The summed E-state index contributed by atoms with van der Waals surface area (Å²) >= 11 is 0. The predicted molar refractivity (Wildman–Crippen MR) is 81.4 cm³/mol. The molecule has 1 aliphatic rings. The lowest BCUT2D eigenvalue weighted by Crippen LogP contribution is -2.61. The minimum Gasteiger partial charge on any atom is -0.381 e. The van der Waals surface area contributed by atoms with Gasteiger partial charge in [-0.25, -0.2) is 0 Å². The molecule has 0 radical (unpaired) electrons. The van der Waals surface area contributed by atoms with Crippen LogP contribution in [0.15, 0.2) is 0 Å². The maximum Gasteiger partial charge on any atom is 0.0589 e. The van der Waals surface area contributed by atoms with E-state index in [0.717, 1.165) is 26.1 Å². The minimum atomic E-state index is 0.128. The fourth-order valence-corrected chi connectivity index (χ4v) is 3.79. The largest absolute Gasteiger partial charge is 0.381 e. The van der Waals surface area contributed by atoms with Gasteiger partial charge in [-0.15, -0.1) is 0 Å². The molecule has 0 aromatic carbocycles. The van der Waals surface area contributed by atoms with Crippen molar-refractivity contribution < 1.29 is 4.74 Å². The van der Waals surface area contributed by atoms with Crippen LogP contribution in [0.4, 0.5) is 0 Å². The topological polar surface area (TPSA) is 41.7 Å². The number of methoxy groups -OCH3 is 1. The summed E-state index contributed by atoms with van der Waals surface area (Å²) in [6.45, 7) is 7.44. The number of rotatable bonds is 7. The first-order valence-electron chi connectivity index (χ1n) is 7.63. The highest BCUT2D eigenvalue weighted by atomic mass is 16.5. The summed E-state index contributed by atoms with van der Waals surface area (Å²) in [5.74, 6) is 0. The number of likely N-dealkylation sites (N-methyl/N-ethyl adjacent to an activating group) is 2. The first kappa shape index (κ1) is 16.9. The Morgan fingerprint density at radius 2 is 2.11 bits per heavy atom. The summed E-state index contributed by atoms with van der Waals surface area (Å²) in [7, 11) is 6.10. The van der Waals surface area contributed by atoms with Crippen molar-refractivity contribution >= 4 is 0 Å². The maximum atomic E-state index is 6.19. The van der Waals surface area contributed by atoms with Gasteiger partial charge in [0.1, 0.15) is 0 Å². The van der Waals surface area contributed by atoms with Crippen LogP contribution in [0.25, 0.3) is 0 Å². The molecule has 1 fully saturated rings. The first-order chi connectivity index (χ1) is 8.99. The fraction of sp³-hybridized carbons (Fsp3) is 1.00. The minimum absolute atomic E-state index is 0.128. The van der Waals surface area contributed by atoms with E-state index in [2.05, 4.69) is 37.7 Å². The summed E-state index contributed by atoms with van der Waals surface area (Å²) in [5, 5.41) is 0. The van der Waals surface area contributed by atoms with Crippen molar-refractivity contribution in [2.75, 3.05) is 40.8 Å². The van der Waals surface area contributed by atoms with Crippen molar-refractivity contribution in [3.05, 3.63) is 0 Å². The Morgan fingerprint density at radius 1 is 1.42 bits per heavy atom. The predicted octanol–water partition coefficient (Wildman–Crippen LogP) is 1.54. The van der Waals surface area contributed by atoms with Gasteiger partial charge in [0.2, 0.25) is 0 Å². The molecule has 0 saturated heterocycles. The number of nitrogens with zero attached hydrogens (tertiary/aromatic N) is 2. The Kier molecular flexibility index (Phi) is 6.74. The van der Waals surface area contributed by atoms with Crippen LogP contribution in [0.3, 0.4) is 0 Å². The van der Waals surface area contributed by atoms with Gasteiger partial charge >= 0.3 is 0 Å². The second-order valence-corrected chi connectivity index (χ2v) is 6.28. The molecule has 0 bridgehead atoms. The lowest BCUT2D eigenvalue weighted by molar-refractivity contribution is -0.0385. The van der Waals surface area contributed by atoms with Gasteiger partial charge in [-0.2, -0.15) is 0 Å². The molecule has 0 spiro atoms. The third-order valence-electron chi connectivity index (χ3n) is 4.60. The number of ether oxygens (including phenoxy) is 1. The van der Waals surface area contributed by atoms with E-state index in [4.69, 9.17) is 10.5 Å². The van der Waals surface area contributed by atoms with Gasteiger partial charge in [-0.1, -0.05) is 6.92 Å². The normalized spacial score (nSPS) is 30.0. The highest BCUT2D eigenvalue weighted by Gasteiger charge is 2.41. The van der Waals surface area contributed by atoms with E-state index >= 15 is 0 Å². The molecule has 1 aliphatic carbocycles. The molecule has 3 unspecified atom stereocenters. The van der Waals surface area contributed by atoms with E-state index in [-0.39, 0.29) is 5.54 Å².